The lowest BCUT2D eigenvalue weighted by Crippen LogP contribution is -2.37. The van der Waals surface area contributed by atoms with Gasteiger partial charge in [0, 0.05) is 0 Å². The van der Waals surface area contributed by atoms with Gasteiger partial charge in [0.2, 0.25) is 5.91 Å². The maximum atomic E-state index is 11.7. The van der Waals surface area contributed by atoms with Crippen molar-refractivity contribution >= 4 is 5.91 Å². The molecule has 0 aromatic heterocycles. The molecule has 1 aliphatic rings. The van der Waals surface area contributed by atoms with Crippen LogP contribution in [-0.2, 0) is 11.2 Å². The summed E-state index contributed by atoms with van der Waals surface area (Å²) in [4.78, 5) is 11.7. The number of nitrogens with one attached hydrogen (secondary N) is 1. The fraction of sp³-hybridized carbons (Fsp3) is 0.308. The summed E-state index contributed by atoms with van der Waals surface area (Å²) < 4.78 is 5.52. The predicted molar refractivity (Wildman–Crippen MR) is 61.0 cm³/mol. The van der Waals surface area contributed by atoms with E-state index in [1.807, 2.05) is 24.3 Å². The molecular formula is C13H13NO2. The van der Waals surface area contributed by atoms with Crippen LogP contribution < -0.4 is 10.1 Å². The number of rotatable bonds is 2. The van der Waals surface area contributed by atoms with Gasteiger partial charge in [-0.2, -0.15) is 0 Å². The lowest BCUT2D eigenvalue weighted by atomic mass is 9.96. The first-order valence-electron chi connectivity index (χ1n) is 5.23. The number of fused-ring (bicyclic) bond motifs is 1. The van der Waals surface area contributed by atoms with E-state index in [-0.39, 0.29) is 18.4 Å². The monoisotopic (exact) mass is 215 g/mol. The van der Waals surface area contributed by atoms with Crippen molar-refractivity contribution in [3.8, 4) is 18.1 Å². The second kappa shape index (κ2) is 4.71. The SMILES string of the molecule is C#CCNC(=O)C1COc2ccccc2C1. The zero-order chi connectivity index (χ0) is 11.4. The molecular weight excluding hydrogens is 202 g/mol. The summed E-state index contributed by atoms with van der Waals surface area (Å²) in [7, 11) is 0. The molecule has 1 atom stereocenters. The summed E-state index contributed by atoms with van der Waals surface area (Å²) in [5.41, 5.74) is 1.08. The Morgan fingerprint density at radius 1 is 1.56 bits per heavy atom. The average molecular weight is 215 g/mol. The van der Waals surface area contributed by atoms with E-state index in [4.69, 9.17) is 11.2 Å². The summed E-state index contributed by atoms with van der Waals surface area (Å²) in [6.07, 6.45) is 5.80. The van der Waals surface area contributed by atoms with Crippen LogP contribution in [0, 0.1) is 18.3 Å². The lowest BCUT2D eigenvalue weighted by molar-refractivity contribution is -0.126. The minimum absolute atomic E-state index is 0.0348. The largest absolute Gasteiger partial charge is 0.492 e. The highest BCUT2D eigenvalue weighted by atomic mass is 16.5. The molecule has 0 spiro atoms. The van der Waals surface area contributed by atoms with Gasteiger partial charge in [0.25, 0.3) is 0 Å². The van der Waals surface area contributed by atoms with Gasteiger partial charge in [0.1, 0.15) is 12.4 Å². The molecule has 1 aromatic carbocycles. The van der Waals surface area contributed by atoms with Gasteiger partial charge in [-0.1, -0.05) is 24.1 Å². The van der Waals surface area contributed by atoms with E-state index in [9.17, 15) is 4.79 Å². The Morgan fingerprint density at radius 3 is 3.19 bits per heavy atom. The summed E-state index contributed by atoms with van der Waals surface area (Å²) >= 11 is 0. The molecule has 0 radical (unpaired) electrons. The molecule has 0 aliphatic carbocycles. The summed E-state index contributed by atoms with van der Waals surface area (Å²) in [6, 6.07) is 7.78. The molecule has 0 bridgehead atoms. The second-order valence-corrected chi connectivity index (χ2v) is 3.74. The Kier molecular flexibility index (Phi) is 3.11. The first-order valence-corrected chi connectivity index (χ1v) is 5.23. The van der Waals surface area contributed by atoms with E-state index >= 15 is 0 Å². The number of amides is 1. The van der Waals surface area contributed by atoms with Crippen LogP contribution in [0.25, 0.3) is 0 Å². The van der Waals surface area contributed by atoms with Gasteiger partial charge in [-0.25, -0.2) is 0 Å². The van der Waals surface area contributed by atoms with Crippen LogP contribution in [0.1, 0.15) is 5.56 Å². The van der Waals surface area contributed by atoms with Crippen LogP contribution in [0.4, 0.5) is 0 Å². The van der Waals surface area contributed by atoms with Crippen LogP contribution in [-0.4, -0.2) is 19.1 Å². The van der Waals surface area contributed by atoms with Crippen molar-refractivity contribution in [2.45, 2.75) is 6.42 Å². The van der Waals surface area contributed by atoms with E-state index in [0.29, 0.717) is 13.0 Å². The zero-order valence-electron chi connectivity index (χ0n) is 8.90. The third kappa shape index (κ3) is 2.17. The van der Waals surface area contributed by atoms with E-state index in [1.165, 1.54) is 0 Å². The maximum absolute atomic E-state index is 11.7. The van der Waals surface area contributed by atoms with Gasteiger partial charge < -0.3 is 10.1 Å². The van der Waals surface area contributed by atoms with Gasteiger partial charge in [-0.05, 0) is 18.1 Å². The average Bonchev–Trinajstić information content (AvgIpc) is 2.35. The Morgan fingerprint density at radius 2 is 2.38 bits per heavy atom. The summed E-state index contributed by atoms with van der Waals surface area (Å²) in [6.45, 7) is 0.699. The van der Waals surface area contributed by atoms with Crippen LogP contribution in [0.5, 0.6) is 5.75 Å². The topological polar surface area (TPSA) is 38.3 Å². The Bertz CT molecular complexity index is 434. The highest BCUT2D eigenvalue weighted by Crippen LogP contribution is 2.26. The van der Waals surface area contributed by atoms with Crippen molar-refractivity contribution in [2.24, 2.45) is 5.92 Å². The van der Waals surface area contributed by atoms with Crippen molar-refractivity contribution in [3.05, 3.63) is 29.8 Å². The van der Waals surface area contributed by atoms with E-state index in [1.54, 1.807) is 0 Å². The minimum Gasteiger partial charge on any atom is -0.492 e. The van der Waals surface area contributed by atoms with Crippen LogP contribution in [0.2, 0.25) is 0 Å². The lowest BCUT2D eigenvalue weighted by Gasteiger charge is -2.24. The Labute approximate surface area is 94.8 Å². The number of carbonyl (C=O) groups excluding carboxylic acids is 1. The van der Waals surface area contributed by atoms with Gasteiger partial charge in [-0.15, -0.1) is 6.42 Å². The Hall–Kier alpha value is -1.95. The molecule has 3 nitrogen and oxygen atoms in total. The molecule has 1 amide bonds. The highest BCUT2D eigenvalue weighted by Gasteiger charge is 2.25. The van der Waals surface area contributed by atoms with Crippen molar-refractivity contribution in [1.29, 1.82) is 0 Å². The standard InChI is InChI=1S/C13H13NO2/c1-2-7-14-13(15)11-8-10-5-3-4-6-12(10)16-9-11/h1,3-6,11H,7-9H2,(H,14,15). The van der Waals surface area contributed by atoms with Gasteiger partial charge in [0.05, 0.1) is 12.5 Å². The number of para-hydroxylation sites is 1. The number of hydrogen-bond donors (Lipinski definition) is 1. The first kappa shape index (κ1) is 10.6. The summed E-state index contributed by atoms with van der Waals surface area (Å²) in [5, 5.41) is 2.68. The molecule has 2 rings (SSSR count). The first-order chi connectivity index (χ1) is 7.81. The van der Waals surface area contributed by atoms with Crippen molar-refractivity contribution in [1.82, 2.24) is 5.32 Å². The Balaban J connectivity index is 2.03. The predicted octanol–water partition coefficient (Wildman–Crippen LogP) is 0.987. The van der Waals surface area contributed by atoms with E-state index in [2.05, 4.69) is 11.2 Å². The third-order valence-electron chi connectivity index (χ3n) is 2.61. The number of hydrogen-bond acceptors (Lipinski definition) is 2. The molecule has 1 unspecified atom stereocenters. The quantitative estimate of drug-likeness (QED) is 0.747. The second-order valence-electron chi connectivity index (χ2n) is 3.74. The van der Waals surface area contributed by atoms with Gasteiger partial charge >= 0.3 is 0 Å². The smallest absolute Gasteiger partial charge is 0.227 e. The molecule has 0 fully saturated rings. The van der Waals surface area contributed by atoms with E-state index in [0.717, 1.165) is 11.3 Å². The molecule has 1 heterocycles. The molecule has 0 saturated carbocycles. The molecule has 1 aliphatic heterocycles. The normalized spacial score (nSPS) is 17.8. The maximum Gasteiger partial charge on any atom is 0.227 e. The number of benzene rings is 1. The fourth-order valence-corrected chi connectivity index (χ4v) is 1.78. The van der Waals surface area contributed by atoms with E-state index < -0.39 is 0 Å². The molecule has 1 aromatic rings. The minimum atomic E-state index is -0.136. The third-order valence-corrected chi connectivity index (χ3v) is 2.61. The molecule has 16 heavy (non-hydrogen) atoms. The zero-order valence-corrected chi connectivity index (χ0v) is 8.90. The number of ether oxygens (including phenoxy) is 1. The summed E-state index contributed by atoms with van der Waals surface area (Å²) in [5.74, 6) is 3.09. The van der Waals surface area contributed by atoms with Gasteiger partial charge in [0.15, 0.2) is 0 Å². The van der Waals surface area contributed by atoms with Crippen LogP contribution in [0.15, 0.2) is 24.3 Å². The number of terminal acetylenes is 1. The van der Waals surface area contributed by atoms with Crippen molar-refractivity contribution in [3.63, 3.8) is 0 Å². The molecule has 1 N–H and O–H groups in total. The van der Waals surface area contributed by atoms with Crippen LogP contribution in [0.3, 0.4) is 0 Å². The highest BCUT2D eigenvalue weighted by molar-refractivity contribution is 5.79. The van der Waals surface area contributed by atoms with Crippen molar-refractivity contribution < 1.29 is 9.53 Å². The molecule has 0 saturated heterocycles. The van der Waals surface area contributed by atoms with Crippen LogP contribution >= 0.6 is 0 Å². The molecule has 82 valence electrons. The number of carbonyl (C=O) groups is 1. The fourth-order valence-electron chi connectivity index (χ4n) is 1.78. The molecule has 3 heteroatoms. The van der Waals surface area contributed by atoms with Crippen molar-refractivity contribution in [2.75, 3.05) is 13.2 Å². The van der Waals surface area contributed by atoms with Gasteiger partial charge in [-0.3, -0.25) is 4.79 Å².